The molecule has 0 fully saturated rings. The molecule has 0 aromatic rings. The summed E-state index contributed by atoms with van der Waals surface area (Å²) in [6.07, 6.45) is 8.31. The molecule has 1 aliphatic rings. The van der Waals surface area contributed by atoms with Gasteiger partial charge in [0, 0.05) is 31.3 Å². The Morgan fingerprint density at radius 1 is 1.56 bits per heavy atom. The van der Waals surface area contributed by atoms with Gasteiger partial charge in [-0.3, -0.25) is 9.59 Å². The maximum absolute atomic E-state index is 11.5. The molecule has 1 heterocycles. The molecule has 0 saturated heterocycles. The summed E-state index contributed by atoms with van der Waals surface area (Å²) in [4.78, 5) is 24.3. The van der Waals surface area contributed by atoms with Crippen LogP contribution in [0, 0.1) is 12.3 Å². The van der Waals surface area contributed by atoms with E-state index < -0.39 is 0 Å². The topological polar surface area (TPSA) is 58.6 Å². The predicted octanol–water partition coefficient (Wildman–Crippen LogP) is 0.0546. The summed E-state index contributed by atoms with van der Waals surface area (Å²) in [5.41, 5.74) is 0.616. The monoisotopic (exact) mass is 248 g/mol. The fraction of sp³-hybridized carbons (Fsp3) is 0.385. The van der Waals surface area contributed by atoms with Gasteiger partial charge in [0.1, 0.15) is 6.61 Å². The van der Waals surface area contributed by atoms with Crippen LogP contribution in [0.5, 0.6) is 0 Å². The van der Waals surface area contributed by atoms with Crippen molar-refractivity contribution in [3.8, 4) is 12.3 Å². The Morgan fingerprint density at radius 2 is 2.33 bits per heavy atom. The lowest BCUT2D eigenvalue weighted by Crippen LogP contribution is -2.32. The first-order valence-electron chi connectivity index (χ1n) is 5.61. The lowest BCUT2D eigenvalue weighted by atomic mass is 10.3. The Kier molecular flexibility index (Phi) is 5.68. The average Bonchev–Trinajstić information content (AvgIpc) is 2.66. The first-order chi connectivity index (χ1) is 8.65. The van der Waals surface area contributed by atoms with Crippen LogP contribution in [-0.2, 0) is 14.3 Å². The Hall–Kier alpha value is -2.06. The molecule has 0 aromatic carbocycles. The van der Waals surface area contributed by atoms with E-state index in [1.54, 1.807) is 6.08 Å². The van der Waals surface area contributed by atoms with Crippen LogP contribution in [0.15, 0.2) is 24.4 Å². The number of amides is 2. The van der Waals surface area contributed by atoms with Gasteiger partial charge in [0.15, 0.2) is 0 Å². The van der Waals surface area contributed by atoms with Crippen molar-refractivity contribution in [3.63, 3.8) is 0 Å². The van der Waals surface area contributed by atoms with E-state index in [1.807, 2.05) is 0 Å². The van der Waals surface area contributed by atoms with E-state index in [4.69, 9.17) is 11.2 Å². The zero-order valence-corrected chi connectivity index (χ0v) is 10.1. The number of rotatable bonds is 7. The summed E-state index contributed by atoms with van der Waals surface area (Å²) in [7, 11) is 0. The van der Waals surface area contributed by atoms with Crippen LogP contribution in [0.3, 0.4) is 0 Å². The fourth-order valence-electron chi connectivity index (χ4n) is 1.44. The standard InChI is InChI=1S/C13H16N2O3/c1-3-9-18-10-7-14-12(16)6-8-15-11(2)4-5-13(15)17/h1,4-5H,2,6-10H2,(H,14,16). The second-order valence-electron chi connectivity index (χ2n) is 3.67. The van der Waals surface area contributed by atoms with Crippen molar-refractivity contribution in [1.29, 1.82) is 0 Å². The van der Waals surface area contributed by atoms with Crippen molar-refractivity contribution >= 4 is 11.8 Å². The Morgan fingerprint density at radius 3 is 2.94 bits per heavy atom. The molecule has 1 N–H and O–H groups in total. The number of nitrogens with one attached hydrogen (secondary N) is 1. The Balaban J connectivity index is 2.12. The van der Waals surface area contributed by atoms with Crippen molar-refractivity contribution in [3.05, 3.63) is 24.4 Å². The van der Waals surface area contributed by atoms with E-state index in [0.717, 1.165) is 0 Å². The second-order valence-corrected chi connectivity index (χ2v) is 3.67. The number of terminal acetylenes is 1. The number of carbonyl (C=O) groups is 2. The lowest BCUT2D eigenvalue weighted by Gasteiger charge is -2.16. The molecule has 18 heavy (non-hydrogen) atoms. The molecule has 0 aromatic heterocycles. The van der Waals surface area contributed by atoms with E-state index in [9.17, 15) is 9.59 Å². The first-order valence-corrected chi connectivity index (χ1v) is 5.61. The van der Waals surface area contributed by atoms with Gasteiger partial charge in [-0.2, -0.15) is 0 Å². The average molecular weight is 248 g/mol. The Labute approximate surface area is 106 Å². The van der Waals surface area contributed by atoms with Gasteiger partial charge in [-0.1, -0.05) is 12.5 Å². The highest BCUT2D eigenvalue weighted by molar-refractivity contribution is 5.93. The van der Waals surface area contributed by atoms with Crippen LogP contribution in [0.25, 0.3) is 0 Å². The summed E-state index contributed by atoms with van der Waals surface area (Å²) in [6.45, 7) is 5.07. The van der Waals surface area contributed by atoms with Gasteiger partial charge in [-0.25, -0.2) is 0 Å². The lowest BCUT2D eigenvalue weighted by molar-refractivity contribution is -0.124. The maximum atomic E-state index is 11.5. The van der Waals surface area contributed by atoms with Crippen LogP contribution in [0.1, 0.15) is 6.42 Å². The van der Waals surface area contributed by atoms with E-state index in [-0.39, 0.29) is 24.8 Å². The number of allylic oxidation sites excluding steroid dienone is 1. The zero-order chi connectivity index (χ0) is 13.4. The van der Waals surface area contributed by atoms with Gasteiger partial charge in [0.2, 0.25) is 5.91 Å². The number of hydrogen-bond acceptors (Lipinski definition) is 3. The predicted molar refractivity (Wildman–Crippen MR) is 67.3 cm³/mol. The Bertz CT molecular complexity index is 389. The van der Waals surface area contributed by atoms with E-state index in [2.05, 4.69) is 17.8 Å². The molecule has 1 rings (SSSR count). The van der Waals surface area contributed by atoms with Gasteiger partial charge in [-0.15, -0.1) is 6.42 Å². The van der Waals surface area contributed by atoms with Crippen molar-refractivity contribution in [2.45, 2.75) is 6.42 Å². The molecule has 1 aliphatic heterocycles. The third kappa shape index (κ3) is 4.44. The molecule has 96 valence electrons. The van der Waals surface area contributed by atoms with Gasteiger partial charge in [0.25, 0.3) is 5.91 Å². The number of hydrogen-bond donors (Lipinski definition) is 1. The summed E-state index contributed by atoms with van der Waals surface area (Å²) >= 11 is 0. The highest BCUT2D eigenvalue weighted by Crippen LogP contribution is 2.12. The highest BCUT2D eigenvalue weighted by Gasteiger charge is 2.18. The van der Waals surface area contributed by atoms with Gasteiger partial charge in [-0.05, 0) is 6.08 Å². The van der Waals surface area contributed by atoms with Crippen molar-refractivity contribution in [2.75, 3.05) is 26.3 Å². The normalized spacial score (nSPS) is 13.8. The summed E-state index contributed by atoms with van der Waals surface area (Å²) in [5, 5.41) is 2.67. The quantitative estimate of drug-likeness (QED) is 0.512. The minimum absolute atomic E-state index is 0.133. The number of carbonyl (C=O) groups excluding carboxylic acids is 2. The maximum Gasteiger partial charge on any atom is 0.251 e. The third-order valence-corrected chi connectivity index (χ3v) is 2.35. The SMILES string of the molecule is C#CCOCCNC(=O)CCN1C(=C)C=CC1=O. The van der Waals surface area contributed by atoms with Crippen LogP contribution in [0.4, 0.5) is 0 Å². The van der Waals surface area contributed by atoms with Gasteiger partial charge in [0.05, 0.1) is 6.61 Å². The van der Waals surface area contributed by atoms with Crippen LogP contribution >= 0.6 is 0 Å². The molecule has 5 nitrogen and oxygen atoms in total. The minimum atomic E-state index is -0.134. The molecule has 2 amide bonds. The summed E-state index contributed by atoms with van der Waals surface area (Å²) in [6, 6.07) is 0. The second kappa shape index (κ2) is 7.30. The fourth-order valence-corrected chi connectivity index (χ4v) is 1.44. The van der Waals surface area contributed by atoms with Crippen LogP contribution in [-0.4, -0.2) is 43.0 Å². The van der Waals surface area contributed by atoms with Crippen molar-refractivity contribution in [1.82, 2.24) is 10.2 Å². The smallest absolute Gasteiger partial charge is 0.251 e. The molecule has 0 atom stereocenters. The molecule has 5 heteroatoms. The van der Waals surface area contributed by atoms with Crippen molar-refractivity contribution < 1.29 is 14.3 Å². The van der Waals surface area contributed by atoms with Crippen LogP contribution in [0.2, 0.25) is 0 Å². The largest absolute Gasteiger partial charge is 0.367 e. The molecule has 0 bridgehead atoms. The van der Waals surface area contributed by atoms with E-state index in [1.165, 1.54) is 11.0 Å². The molecule has 0 radical (unpaired) electrons. The summed E-state index contributed by atoms with van der Waals surface area (Å²) in [5.74, 6) is 2.07. The van der Waals surface area contributed by atoms with Crippen LogP contribution < -0.4 is 5.32 Å². The number of nitrogens with zero attached hydrogens (tertiary/aromatic N) is 1. The van der Waals surface area contributed by atoms with Gasteiger partial charge < -0.3 is 15.0 Å². The highest BCUT2D eigenvalue weighted by atomic mass is 16.5. The molecular formula is C13H16N2O3. The van der Waals surface area contributed by atoms with Crippen molar-refractivity contribution in [2.24, 2.45) is 0 Å². The molecule has 0 aliphatic carbocycles. The molecule has 0 saturated carbocycles. The first kappa shape index (κ1) is 14.0. The zero-order valence-electron chi connectivity index (χ0n) is 10.1. The minimum Gasteiger partial charge on any atom is -0.367 e. The molecular weight excluding hydrogens is 232 g/mol. The van der Waals surface area contributed by atoms with E-state index >= 15 is 0 Å². The van der Waals surface area contributed by atoms with E-state index in [0.29, 0.717) is 25.4 Å². The molecule has 0 unspecified atom stereocenters. The third-order valence-electron chi connectivity index (χ3n) is 2.35. The van der Waals surface area contributed by atoms with Gasteiger partial charge >= 0.3 is 0 Å². The molecule has 0 spiro atoms. The number of ether oxygens (including phenoxy) is 1. The summed E-state index contributed by atoms with van der Waals surface area (Å²) < 4.78 is 5.01.